The Kier molecular flexibility index (Phi) is 6.46. The molecule has 0 aliphatic heterocycles. The summed E-state index contributed by atoms with van der Waals surface area (Å²) in [7, 11) is 1.70. The fourth-order valence-corrected chi connectivity index (χ4v) is 2.80. The van der Waals surface area contributed by atoms with Crippen LogP contribution < -0.4 is 11.1 Å². The minimum Gasteiger partial charge on any atom is -0.354 e. The van der Waals surface area contributed by atoms with Crippen molar-refractivity contribution >= 4 is 11.8 Å². The topological polar surface area (TPSA) is 75.4 Å². The van der Waals surface area contributed by atoms with Crippen LogP contribution in [0.5, 0.6) is 0 Å². The van der Waals surface area contributed by atoms with E-state index in [1.807, 2.05) is 13.8 Å². The number of amides is 2. The van der Waals surface area contributed by atoms with Crippen LogP contribution in [0.2, 0.25) is 0 Å². The molecule has 116 valence electrons. The lowest BCUT2D eigenvalue weighted by atomic mass is 9.73. The summed E-state index contributed by atoms with van der Waals surface area (Å²) in [6.45, 7) is 5.22. The molecular formula is C15H29N3O2. The fourth-order valence-electron chi connectivity index (χ4n) is 2.80. The van der Waals surface area contributed by atoms with Crippen LogP contribution in [0.4, 0.5) is 0 Å². The molecular weight excluding hydrogens is 254 g/mol. The van der Waals surface area contributed by atoms with Crippen molar-refractivity contribution in [1.29, 1.82) is 0 Å². The van der Waals surface area contributed by atoms with E-state index in [2.05, 4.69) is 5.32 Å². The van der Waals surface area contributed by atoms with E-state index in [1.165, 1.54) is 11.3 Å². The minimum atomic E-state index is -0.439. The SMILES string of the molecule is CC(C)CNC(=O)CN(C)C(=O)C1(CN)CCCCC1. The van der Waals surface area contributed by atoms with Gasteiger partial charge in [-0.25, -0.2) is 0 Å². The van der Waals surface area contributed by atoms with Crippen LogP contribution >= 0.6 is 0 Å². The standard InChI is InChI=1S/C15H29N3O2/c1-12(2)9-17-13(19)10-18(3)14(20)15(11-16)7-5-4-6-8-15/h12H,4-11,16H2,1-3H3,(H,17,19). The van der Waals surface area contributed by atoms with Crippen molar-refractivity contribution in [2.24, 2.45) is 17.1 Å². The smallest absolute Gasteiger partial charge is 0.239 e. The number of likely N-dealkylation sites (N-methyl/N-ethyl adjacent to an activating group) is 1. The van der Waals surface area contributed by atoms with Crippen molar-refractivity contribution in [2.75, 3.05) is 26.7 Å². The Balaban J connectivity index is 2.54. The maximum absolute atomic E-state index is 12.6. The second kappa shape index (κ2) is 7.62. The van der Waals surface area contributed by atoms with Gasteiger partial charge < -0.3 is 16.0 Å². The van der Waals surface area contributed by atoms with Crippen molar-refractivity contribution < 1.29 is 9.59 Å². The molecule has 3 N–H and O–H groups in total. The highest BCUT2D eigenvalue weighted by Crippen LogP contribution is 2.36. The van der Waals surface area contributed by atoms with Crippen molar-refractivity contribution in [3.8, 4) is 0 Å². The Labute approximate surface area is 122 Å². The van der Waals surface area contributed by atoms with Gasteiger partial charge in [0.25, 0.3) is 0 Å². The zero-order valence-corrected chi connectivity index (χ0v) is 13.1. The largest absolute Gasteiger partial charge is 0.354 e. The number of nitrogens with two attached hydrogens (primary N) is 1. The number of rotatable bonds is 6. The molecule has 2 amide bonds. The molecule has 1 aliphatic carbocycles. The first-order valence-electron chi connectivity index (χ1n) is 7.63. The lowest BCUT2D eigenvalue weighted by Crippen LogP contribution is -2.50. The van der Waals surface area contributed by atoms with E-state index < -0.39 is 5.41 Å². The summed E-state index contributed by atoms with van der Waals surface area (Å²) in [6, 6.07) is 0. The molecule has 0 heterocycles. The zero-order valence-electron chi connectivity index (χ0n) is 13.1. The van der Waals surface area contributed by atoms with Gasteiger partial charge >= 0.3 is 0 Å². The van der Waals surface area contributed by atoms with Gasteiger partial charge in [-0.1, -0.05) is 33.1 Å². The second-order valence-electron chi connectivity index (χ2n) is 6.40. The summed E-state index contributed by atoms with van der Waals surface area (Å²) < 4.78 is 0. The summed E-state index contributed by atoms with van der Waals surface area (Å²) in [4.78, 5) is 25.9. The number of nitrogens with zero attached hydrogens (tertiary/aromatic N) is 1. The van der Waals surface area contributed by atoms with Gasteiger partial charge in [-0.05, 0) is 18.8 Å². The van der Waals surface area contributed by atoms with E-state index in [0.717, 1.165) is 25.7 Å². The maximum atomic E-state index is 12.6. The first kappa shape index (κ1) is 17.0. The van der Waals surface area contributed by atoms with Gasteiger partial charge in [0.1, 0.15) is 0 Å². The van der Waals surface area contributed by atoms with E-state index in [9.17, 15) is 9.59 Å². The lowest BCUT2D eigenvalue weighted by Gasteiger charge is -2.37. The van der Waals surface area contributed by atoms with Crippen LogP contribution in [-0.2, 0) is 9.59 Å². The van der Waals surface area contributed by atoms with Crippen LogP contribution in [0.3, 0.4) is 0 Å². The Hall–Kier alpha value is -1.10. The molecule has 0 spiro atoms. The number of hydrogen-bond donors (Lipinski definition) is 2. The minimum absolute atomic E-state index is 0.0272. The second-order valence-corrected chi connectivity index (χ2v) is 6.40. The molecule has 0 aromatic heterocycles. The van der Waals surface area contributed by atoms with E-state index in [4.69, 9.17) is 5.73 Å². The summed E-state index contributed by atoms with van der Waals surface area (Å²) in [5.41, 5.74) is 5.42. The molecule has 0 saturated heterocycles. The zero-order chi connectivity index (χ0) is 15.2. The Morgan fingerprint density at radius 1 is 1.25 bits per heavy atom. The van der Waals surface area contributed by atoms with Gasteiger partial charge in [0.05, 0.1) is 12.0 Å². The molecule has 0 aromatic rings. The van der Waals surface area contributed by atoms with Crippen LogP contribution in [-0.4, -0.2) is 43.4 Å². The average molecular weight is 283 g/mol. The van der Waals surface area contributed by atoms with Crippen LogP contribution in [0.15, 0.2) is 0 Å². The van der Waals surface area contributed by atoms with E-state index >= 15 is 0 Å². The molecule has 0 unspecified atom stereocenters. The number of carbonyl (C=O) groups excluding carboxylic acids is 2. The van der Waals surface area contributed by atoms with Crippen molar-refractivity contribution in [1.82, 2.24) is 10.2 Å². The van der Waals surface area contributed by atoms with E-state index in [-0.39, 0.29) is 18.4 Å². The highest BCUT2D eigenvalue weighted by Gasteiger charge is 2.40. The Bertz CT molecular complexity index is 336. The summed E-state index contributed by atoms with van der Waals surface area (Å²) in [6.07, 6.45) is 4.97. The third-order valence-corrected chi connectivity index (χ3v) is 4.09. The van der Waals surface area contributed by atoms with Crippen molar-refractivity contribution in [3.05, 3.63) is 0 Å². The Morgan fingerprint density at radius 2 is 1.85 bits per heavy atom. The van der Waals surface area contributed by atoms with Gasteiger partial charge in [0.2, 0.25) is 11.8 Å². The number of nitrogens with one attached hydrogen (secondary N) is 1. The van der Waals surface area contributed by atoms with Crippen molar-refractivity contribution in [2.45, 2.75) is 46.0 Å². The quantitative estimate of drug-likeness (QED) is 0.767. The lowest BCUT2D eigenvalue weighted by molar-refractivity contribution is -0.144. The predicted molar refractivity (Wildman–Crippen MR) is 80.1 cm³/mol. The number of hydrogen-bond acceptors (Lipinski definition) is 3. The average Bonchev–Trinajstić information content (AvgIpc) is 2.45. The van der Waals surface area contributed by atoms with Crippen molar-refractivity contribution in [3.63, 3.8) is 0 Å². The van der Waals surface area contributed by atoms with Gasteiger partial charge in [-0.3, -0.25) is 9.59 Å². The molecule has 0 aromatic carbocycles. The highest BCUT2D eigenvalue weighted by molar-refractivity contribution is 5.88. The van der Waals surface area contributed by atoms with Crippen LogP contribution in [0, 0.1) is 11.3 Å². The third-order valence-electron chi connectivity index (χ3n) is 4.09. The Morgan fingerprint density at radius 3 is 2.35 bits per heavy atom. The van der Waals surface area contributed by atoms with Gasteiger partial charge in [-0.2, -0.15) is 0 Å². The molecule has 0 radical (unpaired) electrons. The first-order valence-corrected chi connectivity index (χ1v) is 7.63. The summed E-state index contributed by atoms with van der Waals surface area (Å²) in [5.74, 6) is 0.339. The third kappa shape index (κ3) is 4.47. The molecule has 5 nitrogen and oxygen atoms in total. The molecule has 1 aliphatic rings. The van der Waals surface area contributed by atoms with Crippen LogP contribution in [0.25, 0.3) is 0 Å². The van der Waals surface area contributed by atoms with Crippen LogP contribution in [0.1, 0.15) is 46.0 Å². The first-order chi connectivity index (χ1) is 9.41. The van der Waals surface area contributed by atoms with Gasteiger partial charge in [0, 0.05) is 20.1 Å². The van der Waals surface area contributed by atoms with Gasteiger partial charge in [0.15, 0.2) is 0 Å². The number of carbonyl (C=O) groups is 2. The molecule has 0 atom stereocenters. The van der Waals surface area contributed by atoms with E-state index in [1.54, 1.807) is 7.05 Å². The fraction of sp³-hybridized carbons (Fsp3) is 0.867. The molecule has 1 fully saturated rings. The molecule has 1 rings (SSSR count). The molecule has 1 saturated carbocycles. The summed E-state index contributed by atoms with van der Waals surface area (Å²) >= 11 is 0. The highest BCUT2D eigenvalue weighted by atomic mass is 16.2. The monoisotopic (exact) mass is 283 g/mol. The molecule has 0 bridgehead atoms. The van der Waals surface area contributed by atoms with Gasteiger partial charge in [-0.15, -0.1) is 0 Å². The molecule has 20 heavy (non-hydrogen) atoms. The summed E-state index contributed by atoms with van der Waals surface area (Å²) in [5, 5.41) is 2.84. The molecule has 5 heteroatoms. The maximum Gasteiger partial charge on any atom is 0.239 e. The normalized spacial score (nSPS) is 17.9. The predicted octanol–water partition coefficient (Wildman–Crippen LogP) is 1.13. The van der Waals surface area contributed by atoms with E-state index in [0.29, 0.717) is 19.0 Å².